The predicted molar refractivity (Wildman–Crippen MR) is 70.6 cm³/mol. The van der Waals surface area contributed by atoms with E-state index < -0.39 is 0 Å². The summed E-state index contributed by atoms with van der Waals surface area (Å²) in [5.41, 5.74) is 6.45. The van der Waals surface area contributed by atoms with E-state index in [1.54, 1.807) is 6.20 Å². The molecule has 0 amide bonds. The normalized spacial score (nSPS) is 16.8. The summed E-state index contributed by atoms with van der Waals surface area (Å²) in [7, 11) is 0. The van der Waals surface area contributed by atoms with Crippen molar-refractivity contribution in [2.24, 2.45) is 11.7 Å². The first kappa shape index (κ1) is 11.3. The van der Waals surface area contributed by atoms with Gasteiger partial charge in [-0.15, -0.1) is 0 Å². The van der Waals surface area contributed by atoms with Crippen molar-refractivity contribution in [1.82, 2.24) is 4.98 Å². The second-order valence-corrected chi connectivity index (χ2v) is 4.96. The second kappa shape index (κ2) is 4.78. The second-order valence-electron chi connectivity index (χ2n) is 4.52. The summed E-state index contributed by atoms with van der Waals surface area (Å²) in [5, 5.41) is 3.38. The molecule has 1 aliphatic carbocycles. The number of nitrogens with zero attached hydrogens (tertiary/aromatic N) is 1. The summed E-state index contributed by atoms with van der Waals surface area (Å²) in [5.74, 6) is 1.78. The fourth-order valence-corrected chi connectivity index (χ4v) is 1.95. The highest BCUT2D eigenvalue weighted by atomic mass is 32.1. The lowest BCUT2D eigenvalue weighted by Gasteiger charge is -2.14. The van der Waals surface area contributed by atoms with Crippen molar-refractivity contribution in [3.63, 3.8) is 0 Å². The molecule has 0 bridgehead atoms. The highest BCUT2D eigenvalue weighted by molar-refractivity contribution is 7.80. The van der Waals surface area contributed by atoms with Crippen molar-refractivity contribution < 1.29 is 0 Å². The van der Waals surface area contributed by atoms with Crippen LogP contribution >= 0.6 is 12.2 Å². The van der Waals surface area contributed by atoms with Crippen molar-refractivity contribution in [1.29, 1.82) is 0 Å². The lowest BCUT2D eigenvalue weighted by molar-refractivity contribution is 0.640. The maximum absolute atomic E-state index is 5.58. The molecule has 86 valence electrons. The van der Waals surface area contributed by atoms with Gasteiger partial charge >= 0.3 is 0 Å². The summed E-state index contributed by atoms with van der Waals surface area (Å²) in [6.07, 6.45) is 5.72. The van der Waals surface area contributed by atoms with E-state index in [1.807, 2.05) is 12.1 Å². The van der Waals surface area contributed by atoms with E-state index in [4.69, 9.17) is 18.0 Å². The van der Waals surface area contributed by atoms with Gasteiger partial charge in [0.2, 0.25) is 0 Å². The molecule has 1 aliphatic rings. The molecular weight excluding hydrogens is 218 g/mol. The van der Waals surface area contributed by atoms with Crippen molar-refractivity contribution in [3.05, 3.63) is 23.9 Å². The fraction of sp³-hybridized carbons (Fsp3) is 0.500. The molecule has 4 heteroatoms. The first-order valence-corrected chi connectivity index (χ1v) is 6.08. The SMILES string of the molecule is CC(CC1CC1)Nc1cc(C(N)=S)ccn1. The smallest absolute Gasteiger partial charge is 0.126 e. The van der Waals surface area contributed by atoms with Crippen LogP contribution in [-0.4, -0.2) is 16.0 Å². The lowest BCUT2D eigenvalue weighted by atomic mass is 10.1. The van der Waals surface area contributed by atoms with E-state index in [-0.39, 0.29) is 0 Å². The highest BCUT2D eigenvalue weighted by Crippen LogP contribution is 2.33. The maximum atomic E-state index is 5.58. The molecule has 2 rings (SSSR count). The van der Waals surface area contributed by atoms with Gasteiger partial charge in [-0.25, -0.2) is 4.98 Å². The van der Waals surface area contributed by atoms with Crippen LogP contribution in [0.2, 0.25) is 0 Å². The van der Waals surface area contributed by atoms with Crippen LogP contribution in [0, 0.1) is 5.92 Å². The molecule has 0 radical (unpaired) electrons. The minimum absolute atomic E-state index is 0.417. The Bertz CT molecular complexity index is 388. The largest absolute Gasteiger partial charge is 0.389 e. The number of rotatable bonds is 5. The summed E-state index contributed by atoms with van der Waals surface area (Å²) in [6.45, 7) is 2.19. The molecule has 0 aliphatic heterocycles. The van der Waals surface area contributed by atoms with E-state index in [0.717, 1.165) is 17.3 Å². The third kappa shape index (κ3) is 3.17. The standard InChI is InChI=1S/C12H17N3S/c1-8(6-9-2-3-9)15-11-7-10(12(13)16)4-5-14-11/h4-5,7-9H,2-3,6H2,1H3,(H2,13,16)(H,14,15). The lowest BCUT2D eigenvalue weighted by Crippen LogP contribution is -2.17. The Labute approximate surface area is 101 Å². The summed E-state index contributed by atoms with van der Waals surface area (Å²) in [4.78, 5) is 4.68. The quantitative estimate of drug-likeness (QED) is 0.769. The minimum Gasteiger partial charge on any atom is -0.389 e. The number of hydrogen-bond acceptors (Lipinski definition) is 3. The van der Waals surface area contributed by atoms with E-state index >= 15 is 0 Å². The fourth-order valence-electron chi connectivity index (χ4n) is 1.83. The van der Waals surface area contributed by atoms with Gasteiger partial charge in [0.15, 0.2) is 0 Å². The van der Waals surface area contributed by atoms with Gasteiger partial charge in [-0.05, 0) is 31.4 Å². The summed E-state index contributed by atoms with van der Waals surface area (Å²) >= 11 is 4.94. The Kier molecular flexibility index (Phi) is 3.39. The zero-order chi connectivity index (χ0) is 11.5. The van der Waals surface area contributed by atoms with Crippen LogP contribution in [0.15, 0.2) is 18.3 Å². The predicted octanol–water partition coefficient (Wildman–Crippen LogP) is 2.32. The molecule has 0 saturated heterocycles. The monoisotopic (exact) mass is 235 g/mol. The van der Waals surface area contributed by atoms with Crippen molar-refractivity contribution in [2.45, 2.75) is 32.2 Å². The maximum Gasteiger partial charge on any atom is 0.126 e. The number of nitrogens with two attached hydrogens (primary N) is 1. The minimum atomic E-state index is 0.417. The van der Waals surface area contributed by atoms with Crippen LogP contribution in [-0.2, 0) is 0 Å². The molecule has 1 unspecified atom stereocenters. The number of pyridine rings is 1. The number of anilines is 1. The third-order valence-electron chi connectivity index (χ3n) is 2.82. The van der Waals surface area contributed by atoms with Gasteiger partial charge in [0, 0.05) is 17.8 Å². The van der Waals surface area contributed by atoms with Gasteiger partial charge in [-0.3, -0.25) is 0 Å². The number of aromatic nitrogens is 1. The first-order valence-electron chi connectivity index (χ1n) is 5.67. The first-order chi connectivity index (χ1) is 7.65. The Morgan fingerprint density at radius 2 is 2.44 bits per heavy atom. The molecule has 3 N–H and O–H groups in total. The summed E-state index contributed by atoms with van der Waals surface area (Å²) < 4.78 is 0. The van der Waals surface area contributed by atoms with E-state index in [2.05, 4.69) is 17.2 Å². The van der Waals surface area contributed by atoms with Gasteiger partial charge in [0.1, 0.15) is 10.8 Å². The van der Waals surface area contributed by atoms with Gasteiger partial charge in [0.25, 0.3) is 0 Å². The molecule has 16 heavy (non-hydrogen) atoms. The van der Waals surface area contributed by atoms with E-state index in [0.29, 0.717) is 11.0 Å². The van der Waals surface area contributed by atoms with Crippen LogP contribution in [0.25, 0.3) is 0 Å². The van der Waals surface area contributed by atoms with Crippen LogP contribution in [0.5, 0.6) is 0 Å². The van der Waals surface area contributed by atoms with Crippen LogP contribution < -0.4 is 11.1 Å². The number of thiocarbonyl (C=S) groups is 1. The molecule has 1 heterocycles. The Morgan fingerprint density at radius 3 is 3.06 bits per heavy atom. The zero-order valence-corrected chi connectivity index (χ0v) is 10.3. The van der Waals surface area contributed by atoms with Crippen LogP contribution in [0.1, 0.15) is 31.7 Å². The molecule has 1 atom stereocenters. The molecule has 0 spiro atoms. The third-order valence-corrected chi connectivity index (χ3v) is 3.06. The Balaban J connectivity index is 1.96. The summed E-state index contributed by atoms with van der Waals surface area (Å²) in [6, 6.07) is 4.20. The highest BCUT2D eigenvalue weighted by Gasteiger charge is 2.23. The topological polar surface area (TPSA) is 50.9 Å². The molecule has 1 saturated carbocycles. The molecule has 0 aromatic carbocycles. The van der Waals surface area contributed by atoms with Crippen LogP contribution in [0.3, 0.4) is 0 Å². The Hall–Kier alpha value is -1.16. The van der Waals surface area contributed by atoms with Crippen molar-refractivity contribution in [2.75, 3.05) is 5.32 Å². The van der Waals surface area contributed by atoms with Gasteiger partial charge < -0.3 is 11.1 Å². The molecule has 1 aromatic heterocycles. The molecule has 3 nitrogen and oxygen atoms in total. The molecule has 1 fully saturated rings. The van der Waals surface area contributed by atoms with Crippen molar-refractivity contribution in [3.8, 4) is 0 Å². The van der Waals surface area contributed by atoms with E-state index in [9.17, 15) is 0 Å². The average Bonchev–Trinajstić information content (AvgIpc) is 3.01. The average molecular weight is 235 g/mol. The van der Waals surface area contributed by atoms with E-state index in [1.165, 1.54) is 19.3 Å². The van der Waals surface area contributed by atoms with Gasteiger partial charge in [0.05, 0.1) is 0 Å². The van der Waals surface area contributed by atoms with Gasteiger partial charge in [-0.1, -0.05) is 25.1 Å². The van der Waals surface area contributed by atoms with Crippen LogP contribution in [0.4, 0.5) is 5.82 Å². The number of nitrogens with one attached hydrogen (secondary N) is 1. The zero-order valence-electron chi connectivity index (χ0n) is 9.44. The van der Waals surface area contributed by atoms with Gasteiger partial charge in [-0.2, -0.15) is 0 Å². The molecule has 1 aromatic rings. The van der Waals surface area contributed by atoms with Crippen molar-refractivity contribution >= 4 is 23.0 Å². The Morgan fingerprint density at radius 1 is 1.69 bits per heavy atom. The number of hydrogen-bond donors (Lipinski definition) is 2. The molecular formula is C12H17N3S.